The monoisotopic (exact) mass is 286 g/mol. The van der Waals surface area contributed by atoms with E-state index in [0.29, 0.717) is 6.54 Å². The normalized spacial score (nSPS) is 10.6. The van der Waals surface area contributed by atoms with Gasteiger partial charge < -0.3 is 10.2 Å². The van der Waals surface area contributed by atoms with Crippen LogP contribution in [0.1, 0.15) is 24.5 Å². The van der Waals surface area contributed by atoms with Crippen molar-refractivity contribution in [3.8, 4) is 0 Å². The molecule has 0 fully saturated rings. The summed E-state index contributed by atoms with van der Waals surface area (Å²) in [6, 6.07) is 15.5. The Hall–Kier alpha value is -1.87. The molecule has 2 nitrogen and oxygen atoms in total. The van der Waals surface area contributed by atoms with Gasteiger partial charge in [0.05, 0.1) is 0 Å². The zero-order valence-corrected chi connectivity index (χ0v) is 12.8. The Bertz CT molecular complexity index is 554. The van der Waals surface area contributed by atoms with Crippen molar-refractivity contribution in [2.75, 3.05) is 18.5 Å². The number of halogens is 1. The molecule has 0 aliphatic heterocycles. The zero-order chi connectivity index (χ0) is 15.1. The summed E-state index contributed by atoms with van der Waals surface area (Å²) in [4.78, 5) is 2.07. The predicted molar refractivity (Wildman–Crippen MR) is 86.9 cm³/mol. The molecular weight excluding hydrogens is 263 g/mol. The molecule has 0 spiro atoms. The van der Waals surface area contributed by atoms with E-state index in [1.165, 1.54) is 5.56 Å². The molecule has 0 amide bonds. The Morgan fingerprint density at radius 1 is 1.05 bits per heavy atom. The molecule has 0 atom stereocenters. The van der Waals surface area contributed by atoms with Gasteiger partial charge in [-0.15, -0.1) is 0 Å². The van der Waals surface area contributed by atoms with Crippen LogP contribution in [-0.4, -0.2) is 13.6 Å². The van der Waals surface area contributed by atoms with Gasteiger partial charge >= 0.3 is 0 Å². The van der Waals surface area contributed by atoms with E-state index in [9.17, 15) is 4.39 Å². The van der Waals surface area contributed by atoms with Crippen LogP contribution in [0.25, 0.3) is 0 Å². The second-order valence-electron chi connectivity index (χ2n) is 5.34. The second-order valence-corrected chi connectivity index (χ2v) is 5.34. The average Bonchev–Trinajstić information content (AvgIpc) is 2.48. The molecule has 0 radical (unpaired) electrons. The highest BCUT2D eigenvalue weighted by Crippen LogP contribution is 2.19. The third-order valence-electron chi connectivity index (χ3n) is 3.40. The number of hydrogen-bond donors (Lipinski definition) is 1. The molecule has 0 bridgehead atoms. The number of anilines is 1. The van der Waals surface area contributed by atoms with E-state index in [0.717, 1.165) is 30.8 Å². The highest BCUT2D eigenvalue weighted by Gasteiger charge is 2.06. The van der Waals surface area contributed by atoms with Crippen molar-refractivity contribution in [3.63, 3.8) is 0 Å². The third kappa shape index (κ3) is 4.87. The maximum atomic E-state index is 13.8. The van der Waals surface area contributed by atoms with Gasteiger partial charge in [-0.05, 0) is 42.3 Å². The van der Waals surface area contributed by atoms with E-state index < -0.39 is 0 Å². The molecule has 2 aromatic rings. The molecule has 2 rings (SSSR count). The minimum Gasteiger partial charge on any atom is -0.370 e. The minimum atomic E-state index is -0.180. The quantitative estimate of drug-likeness (QED) is 0.775. The minimum absolute atomic E-state index is 0.180. The SMILES string of the molecule is CCCNCc1cc(F)cc(N(C)Cc2ccccc2)c1. The molecule has 2 aromatic carbocycles. The molecule has 0 heterocycles. The highest BCUT2D eigenvalue weighted by molar-refractivity contribution is 5.49. The van der Waals surface area contributed by atoms with Crippen molar-refractivity contribution in [1.29, 1.82) is 0 Å². The van der Waals surface area contributed by atoms with Crippen molar-refractivity contribution in [2.24, 2.45) is 0 Å². The molecular formula is C18H23FN2. The first kappa shape index (κ1) is 15.5. The molecule has 0 saturated carbocycles. The van der Waals surface area contributed by atoms with E-state index in [4.69, 9.17) is 0 Å². The van der Waals surface area contributed by atoms with Gasteiger partial charge in [-0.25, -0.2) is 4.39 Å². The fourth-order valence-electron chi connectivity index (χ4n) is 2.31. The van der Waals surface area contributed by atoms with E-state index in [-0.39, 0.29) is 5.82 Å². The average molecular weight is 286 g/mol. The summed E-state index contributed by atoms with van der Waals surface area (Å²) in [6.45, 7) is 4.55. The zero-order valence-electron chi connectivity index (χ0n) is 12.8. The van der Waals surface area contributed by atoms with Crippen LogP contribution >= 0.6 is 0 Å². The number of rotatable bonds is 7. The fourth-order valence-corrected chi connectivity index (χ4v) is 2.31. The topological polar surface area (TPSA) is 15.3 Å². The lowest BCUT2D eigenvalue weighted by Crippen LogP contribution is -2.18. The molecule has 1 N–H and O–H groups in total. The Morgan fingerprint density at radius 3 is 2.52 bits per heavy atom. The van der Waals surface area contributed by atoms with Gasteiger partial charge in [0.25, 0.3) is 0 Å². The summed E-state index contributed by atoms with van der Waals surface area (Å²) < 4.78 is 13.8. The summed E-state index contributed by atoms with van der Waals surface area (Å²) in [5, 5.41) is 3.31. The van der Waals surface area contributed by atoms with Gasteiger partial charge in [0, 0.05) is 25.8 Å². The van der Waals surface area contributed by atoms with Crippen LogP contribution in [0, 0.1) is 5.82 Å². The largest absolute Gasteiger partial charge is 0.370 e. The summed E-state index contributed by atoms with van der Waals surface area (Å²) in [7, 11) is 1.99. The Labute approximate surface area is 126 Å². The van der Waals surface area contributed by atoms with E-state index >= 15 is 0 Å². The molecule has 0 aromatic heterocycles. The number of hydrogen-bond acceptors (Lipinski definition) is 2. The first-order valence-electron chi connectivity index (χ1n) is 7.44. The molecule has 3 heteroatoms. The van der Waals surface area contributed by atoms with Gasteiger partial charge in [-0.1, -0.05) is 37.3 Å². The standard InChI is InChI=1S/C18H23FN2/c1-3-9-20-13-16-10-17(19)12-18(11-16)21(2)14-15-7-5-4-6-8-15/h4-8,10-12,20H,3,9,13-14H2,1-2H3. The molecule has 0 aliphatic rings. The van der Waals surface area contributed by atoms with Crippen LogP contribution in [0.2, 0.25) is 0 Å². The molecule has 0 unspecified atom stereocenters. The van der Waals surface area contributed by atoms with Crippen molar-refractivity contribution >= 4 is 5.69 Å². The van der Waals surface area contributed by atoms with Crippen LogP contribution in [0.4, 0.5) is 10.1 Å². The summed E-state index contributed by atoms with van der Waals surface area (Å²) in [5.74, 6) is -0.180. The van der Waals surface area contributed by atoms with Crippen LogP contribution in [-0.2, 0) is 13.1 Å². The first-order chi connectivity index (χ1) is 10.2. The lowest BCUT2D eigenvalue weighted by atomic mass is 10.1. The maximum Gasteiger partial charge on any atom is 0.125 e. The van der Waals surface area contributed by atoms with Gasteiger partial charge in [0.1, 0.15) is 5.82 Å². The lowest BCUT2D eigenvalue weighted by Gasteiger charge is -2.20. The van der Waals surface area contributed by atoms with Crippen molar-refractivity contribution in [1.82, 2.24) is 5.32 Å². The van der Waals surface area contributed by atoms with E-state index in [2.05, 4.69) is 35.3 Å². The van der Waals surface area contributed by atoms with Crippen molar-refractivity contribution < 1.29 is 4.39 Å². The first-order valence-corrected chi connectivity index (χ1v) is 7.44. The molecule has 112 valence electrons. The number of benzene rings is 2. The summed E-state index contributed by atoms with van der Waals surface area (Å²) in [6.07, 6.45) is 1.08. The van der Waals surface area contributed by atoms with Crippen molar-refractivity contribution in [2.45, 2.75) is 26.4 Å². The Balaban J connectivity index is 2.07. The Kier molecular flexibility index (Phi) is 5.76. The maximum absolute atomic E-state index is 13.8. The van der Waals surface area contributed by atoms with Gasteiger partial charge in [0.15, 0.2) is 0 Å². The highest BCUT2D eigenvalue weighted by atomic mass is 19.1. The van der Waals surface area contributed by atoms with Crippen LogP contribution < -0.4 is 10.2 Å². The van der Waals surface area contributed by atoms with Crippen LogP contribution in [0.5, 0.6) is 0 Å². The summed E-state index contributed by atoms with van der Waals surface area (Å²) >= 11 is 0. The third-order valence-corrected chi connectivity index (χ3v) is 3.40. The van der Waals surface area contributed by atoms with Crippen LogP contribution in [0.15, 0.2) is 48.5 Å². The Morgan fingerprint density at radius 2 is 1.81 bits per heavy atom. The fraction of sp³-hybridized carbons (Fsp3) is 0.333. The van der Waals surface area contributed by atoms with Gasteiger partial charge in [0.2, 0.25) is 0 Å². The van der Waals surface area contributed by atoms with Gasteiger partial charge in [-0.2, -0.15) is 0 Å². The molecule has 0 saturated heterocycles. The van der Waals surface area contributed by atoms with Crippen molar-refractivity contribution in [3.05, 3.63) is 65.5 Å². The molecule has 21 heavy (non-hydrogen) atoms. The lowest BCUT2D eigenvalue weighted by molar-refractivity contribution is 0.618. The predicted octanol–water partition coefficient (Wildman–Crippen LogP) is 3.96. The number of nitrogens with zero attached hydrogens (tertiary/aromatic N) is 1. The second kappa shape index (κ2) is 7.79. The van der Waals surface area contributed by atoms with Gasteiger partial charge in [-0.3, -0.25) is 0 Å². The van der Waals surface area contributed by atoms with E-state index in [1.54, 1.807) is 12.1 Å². The van der Waals surface area contributed by atoms with Crippen LogP contribution in [0.3, 0.4) is 0 Å². The number of nitrogens with one attached hydrogen (secondary N) is 1. The smallest absolute Gasteiger partial charge is 0.125 e. The summed E-state index contributed by atoms with van der Waals surface area (Å²) in [5.41, 5.74) is 3.11. The van der Waals surface area contributed by atoms with E-state index in [1.807, 2.05) is 25.2 Å². The molecule has 0 aliphatic carbocycles.